The van der Waals surface area contributed by atoms with E-state index in [1.54, 1.807) is 0 Å². The molecule has 0 aromatic heterocycles. The number of rotatable bonds is 6. The van der Waals surface area contributed by atoms with E-state index in [0.717, 1.165) is 0 Å². The third-order valence-electron chi connectivity index (χ3n) is 9.41. The van der Waals surface area contributed by atoms with Gasteiger partial charge in [-0.05, 0) is 12.8 Å². The predicted molar refractivity (Wildman–Crippen MR) is 132 cm³/mol. The van der Waals surface area contributed by atoms with Gasteiger partial charge >= 0.3 is 5.97 Å². The SMILES string of the molecule is COC1CC(C2[OH+]C3CC(O)CC4OC(=O)C(=CO)C(C2O[C@@H]2O[C@H](CO)[C@@H](O)[C@H](O)[C@H]2O)C43)CC(OC)C1O. The van der Waals surface area contributed by atoms with Crippen LogP contribution in [0.2, 0.25) is 0 Å². The van der Waals surface area contributed by atoms with Crippen molar-refractivity contribution in [3.63, 3.8) is 0 Å². The maximum absolute atomic E-state index is 13.0. The fourth-order valence-corrected chi connectivity index (χ4v) is 7.42. The van der Waals surface area contributed by atoms with Gasteiger partial charge in [0, 0.05) is 38.9 Å². The first-order valence-corrected chi connectivity index (χ1v) is 13.8. The molecule has 228 valence electrons. The van der Waals surface area contributed by atoms with Crippen LogP contribution < -0.4 is 0 Å². The number of hydrogen-bond donors (Lipinski definition) is 7. The molecule has 9 unspecified atom stereocenters. The Kier molecular flexibility index (Phi) is 9.05. The molecule has 8 N–H and O–H groups in total. The molecule has 5 fully saturated rings. The summed E-state index contributed by atoms with van der Waals surface area (Å²) in [5.41, 5.74) is -0.0560. The van der Waals surface area contributed by atoms with Gasteiger partial charge in [0.1, 0.15) is 42.7 Å². The first-order chi connectivity index (χ1) is 19.1. The summed E-state index contributed by atoms with van der Waals surface area (Å²) in [6, 6.07) is 0. The molecule has 2 aliphatic carbocycles. The van der Waals surface area contributed by atoms with Gasteiger partial charge in [-0.1, -0.05) is 0 Å². The van der Waals surface area contributed by atoms with Crippen molar-refractivity contribution in [2.75, 3.05) is 20.8 Å². The second-order valence-corrected chi connectivity index (χ2v) is 11.5. The fraction of sp³-hybridized carbons (Fsp3) is 0.885. The van der Waals surface area contributed by atoms with Crippen molar-refractivity contribution in [3.05, 3.63) is 11.8 Å². The van der Waals surface area contributed by atoms with E-state index >= 15 is 0 Å². The Morgan fingerprint density at radius 2 is 1.62 bits per heavy atom. The third-order valence-corrected chi connectivity index (χ3v) is 9.41. The molecule has 2 saturated carbocycles. The minimum absolute atomic E-state index is 0.0560. The Balaban J connectivity index is 1.54. The number of carbonyl (C=O) groups is 1. The third kappa shape index (κ3) is 5.17. The topological polar surface area (TPSA) is 218 Å². The number of aliphatic hydroxyl groups excluding tert-OH is 7. The summed E-state index contributed by atoms with van der Waals surface area (Å²) in [6.07, 6.45) is -11.6. The lowest BCUT2D eigenvalue weighted by molar-refractivity contribution is -0.369. The van der Waals surface area contributed by atoms with Crippen LogP contribution >= 0.6 is 0 Å². The maximum Gasteiger partial charge on any atom is 0.337 e. The highest BCUT2D eigenvalue weighted by molar-refractivity contribution is 5.90. The molecule has 3 saturated heterocycles. The Labute approximate surface area is 231 Å². The number of carbonyl (C=O) groups excluding carboxylic acids is 1. The van der Waals surface area contributed by atoms with Crippen LogP contribution in [0.5, 0.6) is 0 Å². The van der Waals surface area contributed by atoms with E-state index in [2.05, 4.69) is 0 Å². The van der Waals surface area contributed by atoms with Crippen molar-refractivity contribution in [3.8, 4) is 0 Å². The van der Waals surface area contributed by atoms with Gasteiger partial charge in [-0.15, -0.1) is 0 Å². The Hall–Kier alpha value is -1.43. The summed E-state index contributed by atoms with van der Waals surface area (Å²) < 4.78 is 33.8. The van der Waals surface area contributed by atoms with E-state index in [-0.39, 0.29) is 17.9 Å². The van der Waals surface area contributed by atoms with Crippen LogP contribution in [0.4, 0.5) is 0 Å². The van der Waals surface area contributed by atoms with Gasteiger partial charge in [0.15, 0.2) is 18.5 Å². The minimum Gasteiger partial charge on any atom is -0.515 e. The predicted octanol–water partition coefficient (Wildman–Crippen LogP) is -2.99. The zero-order valence-electron chi connectivity index (χ0n) is 22.4. The van der Waals surface area contributed by atoms with Crippen molar-refractivity contribution in [1.29, 1.82) is 0 Å². The number of ether oxygens (including phenoxy) is 6. The molecule has 14 heteroatoms. The molecule has 0 amide bonds. The Bertz CT molecular complexity index is 915. The lowest BCUT2D eigenvalue weighted by atomic mass is 9.63. The Morgan fingerprint density at radius 3 is 2.23 bits per heavy atom. The standard InChI is InChI=1S/C26H40O14/c1-35-14-3-9(4-15(36-2)19(14)30)23-24(40-26-22(33)21(32)20(31)16(8-28)39-26)17-11(7-27)25(34)38-13-6-10(29)5-12(37-23)18(13)17/h7,9-10,12-24,26-33H,3-6,8H2,1-2H3/p+1/t9?,10?,12?,13?,14?,15?,16-,17?,18?,19?,20-,21+,22-,23?,24?,26+/m1/s1. The zero-order chi connectivity index (χ0) is 28.9. The van der Waals surface area contributed by atoms with Crippen LogP contribution in [-0.4, -0.2) is 147 Å². The van der Waals surface area contributed by atoms with E-state index < -0.39 is 104 Å². The lowest BCUT2D eigenvalue weighted by Crippen LogP contribution is -2.68. The number of methoxy groups -OCH3 is 2. The number of esters is 1. The summed E-state index contributed by atoms with van der Waals surface area (Å²) in [4.78, 5) is 13.0. The quantitative estimate of drug-likeness (QED) is 0.0726. The smallest absolute Gasteiger partial charge is 0.337 e. The van der Waals surface area contributed by atoms with Crippen LogP contribution in [0.3, 0.4) is 0 Å². The molecular weight excluding hydrogens is 536 g/mol. The first kappa shape index (κ1) is 30.0. The van der Waals surface area contributed by atoms with E-state index in [1.165, 1.54) is 14.2 Å². The van der Waals surface area contributed by atoms with Gasteiger partial charge in [-0.2, -0.15) is 0 Å². The second kappa shape index (κ2) is 12.1. The van der Waals surface area contributed by atoms with Gasteiger partial charge < -0.3 is 64.2 Å². The summed E-state index contributed by atoms with van der Waals surface area (Å²) in [5, 5.41) is 72.6. The van der Waals surface area contributed by atoms with Gasteiger partial charge in [-0.3, -0.25) is 0 Å². The minimum atomic E-state index is -1.70. The van der Waals surface area contributed by atoms with Crippen LogP contribution in [0.1, 0.15) is 25.7 Å². The molecule has 40 heavy (non-hydrogen) atoms. The maximum atomic E-state index is 13.0. The van der Waals surface area contributed by atoms with Crippen LogP contribution in [0.15, 0.2) is 11.8 Å². The summed E-state index contributed by atoms with van der Waals surface area (Å²) in [6.45, 7) is -0.656. The van der Waals surface area contributed by atoms with Crippen LogP contribution in [0, 0.1) is 17.8 Å². The number of hydrogen-bond acceptors (Lipinski definition) is 13. The molecule has 0 radical (unpaired) electrons. The van der Waals surface area contributed by atoms with Crippen molar-refractivity contribution in [1.82, 2.24) is 0 Å². The molecule has 5 aliphatic rings. The van der Waals surface area contributed by atoms with Gasteiger partial charge in [0.05, 0.1) is 42.7 Å². The summed E-state index contributed by atoms with van der Waals surface area (Å²) in [5.74, 6) is -2.36. The molecule has 14 atom stereocenters. The van der Waals surface area contributed by atoms with Gasteiger partial charge in [0.25, 0.3) is 0 Å². The van der Waals surface area contributed by atoms with E-state index in [0.29, 0.717) is 25.5 Å². The van der Waals surface area contributed by atoms with E-state index in [4.69, 9.17) is 28.4 Å². The average Bonchev–Trinajstić information content (AvgIpc) is 2.94. The van der Waals surface area contributed by atoms with Gasteiger partial charge in [-0.25, -0.2) is 4.79 Å². The van der Waals surface area contributed by atoms with Crippen LogP contribution in [0.25, 0.3) is 0 Å². The van der Waals surface area contributed by atoms with Crippen LogP contribution in [-0.2, 0) is 28.5 Å². The van der Waals surface area contributed by atoms with Crippen molar-refractivity contribution < 1.29 is 69.0 Å². The summed E-state index contributed by atoms with van der Waals surface area (Å²) in [7, 11) is 2.95. The Morgan fingerprint density at radius 1 is 0.950 bits per heavy atom. The molecule has 0 bridgehead atoms. The zero-order valence-corrected chi connectivity index (χ0v) is 22.4. The average molecular weight is 578 g/mol. The molecule has 0 aromatic rings. The molecule has 0 spiro atoms. The van der Waals surface area contributed by atoms with Crippen molar-refractivity contribution in [2.45, 2.75) is 105 Å². The second-order valence-electron chi connectivity index (χ2n) is 11.5. The molecule has 14 nitrogen and oxygen atoms in total. The monoisotopic (exact) mass is 577 g/mol. The lowest BCUT2D eigenvalue weighted by Gasteiger charge is -2.54. The summed E-state index contributed by atoms with van der Waals surface area (Å²) >= 11 is 0. The molecule has 5 rings (SSSR count). The molecule has 3 heterocycles. The van der Waals surface area contributed by atoms with Crippen molar-refractivity contribution >= 4 is 5.97 Å². The van der Waals surface area contributed by atoms with E-state index in [9.17, 15) is 40.5 Å². The van der Waals surface area contributed by atoms with Gasteiger partial charge in [0.2, 0.25) is 0 Å². The fourth-order valence-electron chi connectivity index (χ4n) is 7.42. The largest absolute Gasteiger partial charge is 0.515 e. The highest BCUT2D eigenvalue weighted by Gasteiger charge is 2.64. The normalized spacial score (nSPS) is 52.2. The van der Waals surface area contributed by atoms with Crippen molar-refractivity contribution in [2.24, 2.45) is 17.8 Å². The molecule has 0 aromatic carbocycles. The van der Waals surface area contributed by atoms with E-state index in [1.807, 2.05) is 0 Å². The number of aliphatic hydroxyl groups is 9. The molecule has 3 aliphatic heterocycles. The highest BCUT2D eigenvalue weighted by Crippen LogP contribution is 2.50. The first-order valence-electron chi connectivity index (χ1n) is 13.8. The molecular formula is C26H41O14+. The highest BCUT2D eigenvalue weighted by atomic mass is 16.7.